The highest BCUT2D eigenvalue weighted by Crippen LogP contribution is 2.33. The second-order valence-corrected chi connectivity index (χ2v) is 9.29. The molecule has 0 unspecified atom stereocenters. The molecule has 1 amide bonds. The van der Waals surface area contributed by atoms with Crippen LogP contribution in [0.3, 0.4) is 0 Å². The van der Waals surface area contributed by atoms with Crippen LogP contribution in [-0.4, -0.2) is 74.5 Å². The fourth-order valence-corrected chi connectivity index (χ4v) is 5.24. The first kappa shape index (κ1) is 24.3. The average molecular weight is 486 g/mol. The minimum Gasteiger partial charge on any atom is -0.495 e. The number of hydrogen-bond acceptors (Lipinski definition) is 7. The molecule has 34 heavy (non-hydrogen) atoms. The Bertz CT molecular complexity index is 1140. The first-order chi connectivity index (χ1) is 16.5. The van der Waals surface area contributed by atoms with E-state index in [0.717, 1.165) is 54.3 Å². The van der Waals surface area contributed by atoms with Crippen molar-refractivity contribution in [1.82, 2.24) is 14.8 Å². The zero-order chi connectivity index (χ0) is 24.1. The van der Waals surface area contributed by atoms with Crippen LogP contribution in [0.15, 0.2) is 35.7 Å². The number of rotatable bonds is 9. The van der Waals surface area contributed by atoms with Gasteiger partial charge in [-0.25, -0.2) is 4.79 Å². The molecule has 1 fully saturated rings. The molecule has 0 aliphatic carbocycles. The smallest absolute Gasteiger partial charge is 0.328 e. The van der Waals surface area contributed by atoms with Crippen molar-refractivity contribution in [2.75, 3.05) is 47.1 Å². The number of carbonyl (C=O) groups excluding carboxylic acids is 2. The minimum atomic E-state index is -0.770. The first-order valence-corrected chi connectivity index (χ1v) is 12.3. The Hall–Kier alpha value is -2.88. The van der Waals surface area contributed by atoms with Crippen molar-refractivity contribution >= 4 is 34.1 Å². The Morgan fingerprint density at radius 1 is 1.15 bits per heavy atom. The highest BCUT2D eigenvalue weighted by molar-refractivity contribution is 7.09. The van der Waals surface area contributed by atoms with Crippen LogP contribution >= 0.6 is 11.3 Å². The third-order valence-corrected chi connectivity index (χ3v) is 7.17. The molecule has 182 valence electrons. The second kappa shape index (κ2) is 11.0. The number of methoxy groups -OCH3 is 2. The fraction of sp³-hybridized carbons (Fsp3) is 0.440. The van der Waals surface area contributed by atoms with Gasteiger partial charge in [0.05, 0.1) is 38.5 Å². The summed E-state index contributed by atoms with van der Waals surface area (Å²) in [4.78, 5) is 29.4. The van der Waals surface area contributed by atoms with E-state index < -0.39 is 12.0 Å². The lowest BCUT2D eigenvalue weighted by molar-refractivity contribution is -0.142. The third-order valence-electron chi connectivity index (χ3n) is 6.27. The highest BCUT2D eigenvalue weighted by Gasteiger charge is 2.28. The van der Waals surface area contributed by atoms with E-state index in [9.17, 15) is 9.59 Å². The van der Waals surface area contributed by atoms with Gasteiger partial charge < -0.3 is 24.1 Å². The van der Waals surface area contributed by atoms with Crippen molar-refractivity contribution < 1.29 is 23.8 Å². The molecule has 8 nitrogen and oxygen atoms in total. The molecule has 1 N–H and O–H groups in total. The van der Waals surface area contributed by atoms with Gasteiger partial charge in [-0.15, -0.1) is 11.3 Å². The summed E-state index contributed by atoms with van der Waals surface area (Å²) in [5.74, 6) is -0.0504. The zero-order valence-corrected chi connectivity index (χ0v) is 20.7. The van der Waals surface area contributed by atoms with Gasteiger partial charge in [-0.05, 0) is 24.4 Å². The lowest BCUT2D eigenvalue weighted by atomic mass is 10.1. The number of ether oxygens (including phenoxy) is 3. The standard InChI is InChI=1S/C25H31N3O5S/c1-17-22(24(29)26-20(25(30)32-3)16-18-6-5-15-34-18)19-7-4-8-21(31-2)23(19)28(17)10-9-27-11-13-33-14-12-27/h4-8,15,20H,9-14,16H2,1-3H3,(H,26,29)/t20-/m0/s1. The van der Waals surface area contributed by atoms with Crippen LogP contribution in [0.4, 0.5) is 0 Å². The highest BCUT2D eigenvalue weighted by atomic mass is 32.1. The van der Waals surface area contributed by atoms with Crippen molar-refractivity contribution in [3.05, 3.63) is 51.8 Å². The SMILES string of the molecule is COC(=O)[C@H](Cc1cccs1)NC(=O)c1c(C)n(CCN2CCOCC2)c2c(OC)cccc12. The summed E-state index contributed by atoms with van der Waals surface area (Å²) in [5.41, 5.74) is 2.27. The lowest BCUT2D eigenvalue weighted by Gasteiger charge is -2.27. The number of para-hydroxylation sites is 1. The predicted octanol–water partition coefficient (Wildman–Crippen LogP) is 2.87. The zero-order valence-electron chi connectivity index (χ0n) is 19.8. The van der Waals surface area contributed by atoms with Gasteiger partial charge in [0.2, 0.25) is 0 Å². The maximum absolute atomic E-state index is 13.6. The van der Waals surface area contributed by atoms with Crippen LogP contribution in [0.25, 0.3) is 10.9 Å². The molecule has 3 heterocycles. The van der Waals surface area contributed by atoms with E-state index in [4.69, 9.17) is 14.2 Å². The van der Waals surface area contributed by atoms with Crippen molar-refractivity contribution in [3.8, 4) is 5.75 Å². The van der Waals surface area contributed by atoms with Gasteiger partial charge in [0.25, 0.3) is 5.91 Å². The molecule has 1 aliphatic rings. The summed E-state index contributed by atoms with van der Waals surface area (Å²) in [7, 11) is 2.97. The monoisotopic (exact) mass is 485 g/mol. The molecule has 1 atom stereocenters. The number of nitrogens with zero attached hydrogens (tertiary/aromatic N) is 2. The first-order valence-electron chi connectivity index (χ1n) is 11.4. The molecular formula is C25H31N3O5S. The molecule has 1 aromatic carbocycles. The Kier molecular flexibility index (Phi) is 7.87. The van der Waals surface area contributed by atoms with Crippen LogP contribution in [-0.2, 0) is 27.2 Å². The van der Waals surface area contributed by atoms with Gasteiger partial charge in [0, 0.05) is 48.6 Å². The molecule has 0 bridgehead atoms. The number of carbonyl (C=O) groups is 2. The van der Waals surface area contributed by atoms with Crippen molar-refractivity contribution in [1.29, 1.82) is 0 Å². The van der Waals surface area contributed by atoms with Gasteiger partial charge in [0.15, 0.2) is 0 Å². The van der Waals surface area contributed by atoms with E-state index in [1.807, 2.05) is 42.6 Å². The molecule has 0 saturated carbocycles. The van der Waals surface area contributed by atoms with Gasteiger partial charge in [-0.1, -0.05) is 18.2 Å². The van der Waals surface area contributed by atoms with Crippen molar-refractivity contribution in [3.63, 3.8) is 0 Å². The Morgan fingerprint density at radius 2 is 1.94 bits per heavy atom. The third kappa shape index (κ3) is 5.11. The van der Waals surface area contributed by atoms with Gasteiger partial charge in [0.1, 0.15) is 11.8 Å². The number of nitrogens with one attached hydrogen (secondary N) is 1. The van der Waals surface area contributed by atoms with E-state index in [1.165, 1.54) is 7.11 Å². The minimum absolute atomic E-state index is 0.298. The number of aromatic nitrogens is 1. The number of thiophene rings is 1. The molecule has 3 aromatic rings. The van der Waals surface area contributed by atoms with Crippen LogP contribution in [0.5, 0.6) is 5.75 Å². The van der Waals surface area contributed by atoms with Crippen LogP contribution in [0.2, 0.25) is 0 Å². The van der Waals surface area contributed by atoms with Crippen LogP contribution in [0.1, 0.15) is 20.9 Å². The number of benzene rings is 1. The summed E-state index contributed by atoms with van der Waals surface area (Å²) in [6, 6.07) is 8.82. The number of fused-ring (bicyclic) bond motifs is 1. The summed E-state index contributed by atoms with van der Waals surface area (Å²) in [6.45, 7) is 6.77. The summed E-state index contributed by atoms with van der Waals surface area (Å²) in [5, 5.41) is 5.67. The molecule has 0 spiro atoms. The molecule has 4 rings (SSSR count). The number of morpholine rings is 1. The molecular weight excluding hydrogens is 454 g/mol. The predicted molar refractivity (Wildman–Crippen MR) is 132 cm³/mol. The van der Waals surface area contributed by atoms with Crippen LogP contribution in [0, 0.1) is 6.92 Å². The normalized spacial score (nSPS) is 15.3. The quantitative estimate of drug-likeness (QED) is 0.470. The van der Waals surface area contributed by atoms with Crippen molar-refractivity contribution in [2.24, 2.45) is 0 Å². The Morgan fingerprint density at radius 3 is 2.62 bits per heavy atom. The summed E-state index contributed by atoms with van der Waals surface area (Å²) in [6.07, 6.45) is 0.383. The topological polar surface area (TPSA) is 82.0 Å². The fourth-order valence-electron chi connectivity index (χ4n) is 4.49. The van der Waals surface area contributed by atoms with E-state index in [2.05, 4.69) is 14.8 Å². The molecule has 1 aliphatic heterocycles. The van der Waals surface area contributed by atoms with E-state index in [-0.39, 0.29) is 5.91 Å². The summed E-state index contributed by atoms with van der Waals surface area (Å²) >= 11 is 1.54. The van der Waals surface area contributed by atoms with Gasteiger partial charge >= 0.3 is 5.97 Å². The molecule has 2 aromatic heterocycles. The average Bonchev–Trinajstić information content (AvgIpc) is 3.47. The molecule has 0 radical (unpaired) electrons. The van der Waals surface area contributed by atoms with E-state index >= 15 is 0 Å². The number of esters is 1. The van der Waals surface area contributed by atoms with Crippen LogP contribution < -0.4 is 10.1 Å². The maximum Gasteiger partial charge on any atom is 0.328 e. The number of amides is 1. The Labute approximate surface area is 203 Å². The van der Waals surface area contributed by atoms with Gasteiger partial charge in [-0.3, -0.25) is 9.69 Å². The van der Waals surface area contributed by atoms with Crippen molar-refractivity contribution in [2.45, 2.75) is 25.9 Å². The largest absolute Gasteiger partial charge is 0.495 e. The number of hydrogen-bond donors (Lipinski definition) is 1. The molecule has 1 saturated heterocycles. The van der Waals surface area contributed by atoms with E-state index in [1.54, 1.807) is 18.4 Å². The summed E-state index contributed by atoms with van der Waals surface area (Å²) < 4.78 is 18.2. The lowest BCUT2D eigenvalue weighted by Crippen LogP contribution is -2.43. The second-order valence-electron chi connectivity index (χ2n) is 8.26. The molecule has 9 heteroatoms. The van der Waals surface area contributed by atoms with E-state index in [0.29, 0.717) is 24.3 Å². The Balaban J connectivity index is 1.66. The maximum atomic E-state index is 13.6. The van der Waals surface area contributed by atoms with Gasteiger partial charge in [-0.2, -0.15) is 0 Å².